The predicted molar refractivity (Wildman–Crippen MR) is 43.8 cm³/mol. The normalized spacial score (nSPS) is 10.2. The Morgan fingerprint density at radius 2 is 2.33 bits per heavy atom. The molecule has 0 atom stereocenters. The van der Waals surface area contributed by atoms with Crippen molar-refractivity contribution in [1.29, 1.82) is 0 Å². The molecule has 1 heterocycles. The highest BCUT2D eigenvalue weighted by Crippen LogP contribution is 2.02. The van der Waals surface area contributed by atoms with Crippen LogP contribution >= 0.6 is 0 Å². The van der Waals surface area contributed by atoms with Gasteiger partial charge in [0.25, 0.3) is 0 Å². The van der Waals surface area contributed by atoms with E-state index in [0.717, 1.165) is 12.1 Å². The molecule has 0 unspecified atom stereocenters. The Labute approximate surface area is 71.0 Å². The zero-order valence-electron chi connectivity index (χ0n) is 7.19. The van der Waals surface area contributed by atoms with Gasteiger partial charge in [-0.1, -0.05) is 13.8 Å². The molecule has 0 aromatic carbocycles. The van der Waals surface area contributed by atoms with Crippen LogP contribution < -0.4 is 0 Å². The van der Waals surface area contributed by atoms with Crippen molar-refractivity contribution in [2.45, 2.75) is 20.3 Å². The fraction of sp³-hybridized carbons (Fsp3) is 0.500. The van der Waals surface area contributed by atoms with E-state index in [9.17, 15) is 4.79 Å². The van der Waals surface area contributed by atoms with E-state index < -0.39 is 0 Å². The molecule has 64 valence electrons. The fourth-order valence-electron chi connectivity index (χ4n) is 0.920. The lowest BCUT2D eigenvalue weighted by molar-refractivity contribution is 0.111. The van der Waals surface area contributed by atoms with Crippen LogP contribution in [0.15, 0.2) is 6.20 Å². The maximum Gasteiger partial charge on any atom is 0.214 e. The lowest BCUT2D eigenvalue weighted by Crippen LogP contribution is -2.03. The molecule has 0 aliphatic heterocycles. The number of nitrogens with zero attached hydrogens (tertiary/aromatic N) is 3. The maximum atomic E-state index is 10.3. The second-order valence-electron chi connectivity index (χ2n) is 3.02. The summed E-state index contributed by atoms with van der Waals surface area (Å²) in [5.74, 6) is 0.675. The Bertz CT molecular complexity index is 273. The zero-order chi connectivity index (χ0) is 8.97. The molecule has 1 aromatic rings. The molecule has 0 spiro atoms. The Balaban J connectivity index is 2.79. The number of rotatable bonds is 3. The first-order chi connectivity index (χ1) is 5.72. The van der Waals surface area contributed by atoms with E-state index in [-0.39, 0.29) is 5.82 Å². The van der Waals surface area contributed by atoms with E-state index in [4.69, 9.17) is 0 Å². The van der Waals surface area contributed by atoms with Crippen LogP contribution in [0.5, 0.6) is 0 Å². The minimum absolute atomic E-state index is 0.160. The van der Waals surface area contributed by atoms with Gasteiger partial charge in [-0.2, -0.15) is 5.10 Å². The molecule has 4 heteroatoms. The first-order valence-corrected chi connectivity index (χ1v) is 3.86. The molecule has 0 aliphatic carbocycles. The summed E-state index contributed by atoms with van der Waals surface area (Å²) in [4.78, 5) is 14.3. The minimum Gasteiger partial charge on any atom is -0.294 e. The Kier molecular flexibility index (Phi) is 2.85. The second kappa shape index (κ2) is 3.90. The number of hydrogen-bond donors (Lipinski definition) is 0. The van der Waals surface area contributed by atoms with Crippen LogP contribution in [-0.4, -0.2) is 21.5 Å². The summed E-state index contributed by atoms with van der Waals surface area (Å²) in [7, 11) is 0. The van der Waals surface area contributed by atoms with Crippen molar-refractivity contribution in [3.8, 4) is 0 Å². The highest BCUT2D eigenvalue weighted by molar-refractivity contribution is 5.68. The molecule has 0 aliphatic rings. The first-order valence-electron chi connectivity index (χ1n) is 3.86. The summed E-state index contributed by atoms with van der Waals surface area (Å²) in [5.41, 5.74) is 0.821. The average molecular weight is 165 g/mol. The summed E-state index contributed by atoms with van der Waals surface area (Å²) in [6, 6.07) is 0. The Hall–Kier alpha value is -1.32. The van der Waals surface area contributed by atoms with Gasteiger partial charge in [0.15, 0.2) is 6.29 Å². The van der Waals surface area contributed by atoms with E-state index >= 15 is 0 Å². The SMILES string of the molecule is CC(C)Cc1cnnc(C=O)n1. The summed E-state index contributed by atoms with van der Waals surface area (Å²) in [6.45, 7) is 4.17. The van der Waals surface area contributed by atoms with Gasteiger partial charge in [-0.25, -0.2) is 4.98 Å². The third kappa shape index (κ3) is 2.38. The van der Waals surface area contributed by atoms with Crippen LogP contribution in [0.25, 0.3) is 0 Å². The summed E-state index contributed by atoms with van der Waals surface area (Å²) in [6.07, 6.45) is 3.03. The standard InChI is InChI=1S/C8H11N3O/c1-6(2)3-7-4-9-11-8(5-12)10-7/h4-6H,3H2,1-2H3. The number of hydrogen-bond acceptors (Lipinski definition) is 4. The largest absolute Gasteiger partial charge is 0.294 e. The van der Waals surface area contributed by atoms with Gasteiger partial charge in [-0.05, 0) is 12.3 Å². The van der Waals surface area contributed by atoms with Crippen molar-refractivity contribution in [3.05, 3.63) is 17.7 Å². The molecule has 0 amide bonds. The van der Waals surface area contributed by atoms with Crippen LogP contribution in [0.3, 0.4) is 0 Å². The minimum atomic E-state index is 0.160. The highest BCUT2D eigenvalue weighted by Gasteiger charge is 2.01. The number of aldehydes is 1. The van der Waals surface area contributed by atoms with E-state index in [1.165, 1.54) is 0 Å². The lowest BCUT2D eigenvalue weighted by Gasteiger charge is -2.01. The van der Waals surface area contributed by atoms with Gasteiger partial charge in [-0.15, -0.1) is 5.10 Å². The third-order valence-electron chi connectivity index (χ3n) is 1.35. The topological polar surface area (TPSA) is 55.7 Å². The summed E-state index contributed by atoms with van der Waals surface area (Å²) >= 11 is 0. The van der Waals surface area contributed by atoms with Crippen molar-refractivity contribution in [2.75, 3.05) is 0 Å². The monoisotopic (exact) mass is 165 g/mol. The number of aromatic nitrogens is 3. The van der Waals surface area contributed by atoms with Crippen molar-refractivity contribution < 1.29 is 4.79 Å². The summed E-state index contributed by atoms with van der Waals surface area (Å²) < 4.78 is 0. The van der Waals surface area contributed by atoms with Crippen molar-refractivity contribution in [3.63, 3.8) is 0 Å². The molecule has 0 saturated heterocycles. The lowest BCUT2D eigenvalue weighted by atomic mass is 10.1. The van der Waals surface area contributed by atoms with E-state index in [2.05, 4.69) is 29.0 Å². The van der Waals surface area contributed by atoms with Crippen LogP contribution in [0.1, 0.15) is 30.2 Å². The second-order valence-corrected chi connectivity index (χ2v) is 3.02. The highest BCUT2D eigenvalue weighted by atomic mass is 16.1. The van der Waals surface area contributed by atoms with Crippen LogP contribution in [0.4, 0.5) is 0 Å². The van der Waals surface area contributed by atoms with Crippen LogP contribution in [0.2, 0.25) is 0 Å². The Morgan fingerprint density at radius 1 is 1.58 bits per heavy atom. The van der Waals surface area contributed by atoms with Gasteiger partial charge in [-0.3, -0.25) is 4.79 Å². The Morgan fingerprint density at radius 3 is 2.92 bits per heavy atom. The zero-order valence-corrected chi connectivity index (χ0v) is 7.19. The number of carbonyl (C=O) groups is 1. The van der Waals surface area contributed by atoms with Crippen LogP contribution in [0, 0.1) is 5.92 Å². The van der Waals surface area contributed by atoms with E-state index in [0.29, 0.717) is 12.2 Å². The van der Waals surface area contributed by atoms with Crippen molar-refractivity contribution in [2.24, 2.45) is 5.92 Å². The third-order valence-corrected chi connectivity index (χ3v) is 1.35. The predicted octanol–water partition coefficient (Wildman–Crippen LogP) is 0.883. The van der Waals surface area contributed by atoms with Gasteiger partial charge >= 0.3 is 0 Å². The van der Waals surface area contributed by atoms with Gasteiger partial charge < -0.3 is 0 Å². The average Bonchev–Trinajstić information content (AvgIpc) is 2.03. The molecule has 1 aromatic heterocycles. The van der Waals surface area contributed by atoms with E-state index in [1.54, 1.807) is 6.20 Å². The smallest absolute Gasteiger partial charge is 0.214 e. The van der Waals surface area contributed by atoms with Crippen LogP contribution in [-0.2, 0) is 6.42 Å². The van der Waals surface area contributed by atoms with Gasteiger partial charge in [0.05, 0.1) is 11.9 Å². The molecule has 0 bridgehead atoms. The van der Waals surface area contributed by atoms with Crippen molar-refractivity contribution in [1.82, 2.24) is 15.2 Å². The molecule has 1 rings (SSSR count). The van der Waals surface area contributed by atoms with E-state index in [1.807, 2.05) is 0 Å². The van der Waals surface area contributed by atoms with Crippen molar-refractivity contribution >= 4 is 6.29 Å². The molecule has 0 fully saturated rings. The molecule has 0 saturated carbocycles. The molecule has 12 heavy (non-hydrogen) atoms. The summed E-state index contributed by atoms with van der Waals surface area (Å²) in [5, 5.41) is 7.20. The maximum absolute atomic E-state index is 10.3. The molecule has 4 nitrogen and oxygen atoms in total. The molecular weight excluding hydrogens is 154 g/mol. The number of carbonyl (C=O) groups excluding carboxylic acids is 1. The van der Waals surface area contributed by atoms with Gasteiger partial charge in [0.1, 0.15) is 0 Å². The quantitative estimate of drug-likeness (QED) is 0.624. The first kappa shape index (κ1) is 8.77. The molecule has 0 N–H and O–H groups in total. The van der Waals surface area contributed by atoms with Gasteiger partial charge in [0.2, 0.25) is 5.82 Å². The fourth-order valence-corrected chi connectivity index (χ4v) is 0.920. The molecule has 0 radical (unpaired) electrons. The van der Waals surface area contributed by atoms with Gasteiger partial charge in [0, 0.05) is 0 Å². The molecular formula is C8H11N3O.